The Labute approximate surface area is 159 Å². The fraction of sp³-hybridized carbons (Fsp3) is 0.286. The molecule has 3 aromatic rings. The molecule has 0 aliphatic heterocycles. The molecule has 0 saturated carbocycles. The first-order chi connectivity index (χ1) is 13.2. The molecule has 0 radical (unpaired) electrons. The number of amides is 1. The van der Waals surface area contributed by atoms with Crippen molar-refractivity contribution in [1.82, 2.24) is 20.1 Å². The van der Waals surface area contributed by atoms with Gasteiger partial charge in [-0.2, -0.15) is 5.10 Å². The highest BCUT2D eigenvalue weighted by Gasteiger charge is 2.10. The average Bonchev–Trinajstić information content (AvgIpc) is 3.12. The van der Waals surface area contributed by atoms with Crippen LogP contribution in [-0.4, -0.2) is 27.3 Å². The lowest BCUT2D eigenvalue weighted by Gasteiger charge is -2.11. The van der Waals surface area contributed by atoms with E-state index in [-0.39, 0.29) is 5.91 Å². The van der Waals surface area contributed by atoms with E-state index in [1.807, 2.05) is 56.6 Å². The molecule has 0 aliphatic carbocycles. The maximum Gasteiger partial charge on any atom is 0.220 e. The number of benzene rings is 1. The first-order valence-corrected chi connectivity index (χ1v) is 9.07. The minimum absolute atomic E-state index is 0.00212. The van der Waals surface area contributed by atoms with Crippen molar-refractivity contribution in [3.63, 3.8) is 0 Å². The number of hydrogen-bond acceptors (Lipinski definition) is 4. The van der Waals surface area contributed by atoms with Crippen molar-refractivity contribution in [2.24, 2.45) is 7.05 Å². The second-order valence-corrected chi connectivity index (χ2v) is 6.23. The van der Waals surface area contributed by atoms with Crippen LogP contribution in [0, 0.1) is 0 Å². The van der Waals surface area contributed by atoms with E-state index < -0.39 is 0 Å². The highest BCUT2D eigenvalue weighted by molar-refractivity contribution is 5.76. The van der Waals surface area contributed by atoms with E-state index in [1.54, 1.807) is 17.1 Å². The first kappa shape index (κ1) is 18.6. The average molecular weight is 364 g/mol. The molecule has 27 heavy (non-hydrogen) atoms. The highest BCUT2D eigenvalue weighted by Crippen LogP contribution is 2.21. The molecule has 0 aliphatic rings. The molecule has 1 aromatic carbocycles. The van der Waals surface area contributed by atoms with Crippen molar-refractivity contribution in [3.8, 4) is 17.0 Å². The first-order valence-electron chi connectivity index (χ1n) is 9.07. The summed E-state index contributed by atoms with van der Waals surface area (Å²) in [5.74, 6) is 0.848. The third-order valence-electron chi connectivity index (χ3n) is 4.24. The fourth-order valence-corrected chi connectivity index (χ4v) is 2.92. The number of nitrogens with zero attached hydrogens (tertiary/aromatic N) is 3. The SMILES string of the molecule is CCOc1ccccc1CCC(=O)NCc1cccnc1-c1cnn(C)c1. The number of nitrogens with one attached hydrogen (secondary N) is 1. The molecule has 1 amide bonds. The van der Waals surface area contributed by atoms with Crippen molar-refractivity contribution >= 4 is 5.91 Å². The van der Waals surface area contributed by atoms with Crippen molar-refractivity contribution in [1.29, 1.82) is 0 Å². The highest BCUT2D eigenvalue weighted by atomic mass is 16.5. The third kappa shape index (κ3) is 4.94. The summed E-state index contributed by atoms with van der Waals surface area (Å²) in [6.07, 6.45) is 6.49. The molecule has 3 rings (SSSR count). The maximum absolute atomic E-state index is 12.3. The molecule has 6 heteroatoms. The molecule has 1 N–H and O–H groups in total. The zero-order valence-electron chi connectivity index (χ0n) is 15.7. The molecule has 2 heterocycles. The van der Waals surface area contributed by atoms with Crippen LogP contribution in [0.2, 0.25) is 0 Å². The monoisotopic (exact) mass is 364 g/mol. The fourth-order valence-electron chi connectivity index (χ4n) is 2.92. The van der Waals surface area contributed by atoms with Crippen LogP contribution in [0.5, 0.6) is 5.75 Å². The summed E-state index contributed by atoms with van der Waals surface area (Å²) in [5.41, 5.74) is 3.79. The smallest absolute Gasteiger partial charge is 0.220 e. The molecule has 140 valence electrons. The molecule has 0 spiro atoms. The zero-order chi connectivity index (χ0) is 19.1. The minimum atomic E-state index is 0.00212. The number of ether oxygens (including phenoxy) is 1. The molecule has 2 aromatic heterocycles. The summed E-state index contributed by atoms with van der Waals surface area (Å²) in [5, 5.41) is 7.18. The van der Waals surface area contributed by atoms with Crippen LogP contribution in [0.3, 0.4) is 0 Å². The van der Waals surface area contributed by atoms with Gasteiger partial charge in [-0.3, -0.25) is 14.5 Å². The van der Waals surface area contributed by atoms with Gasteiger partial charge in [-0.05, 0) is 36.6 Å². The normalized spacial score (nSPS) is 10.6. The van der Waals surface area contributed by atoms with Gasteiger partial charge in [0.15, 0.2) is 0 Å². The Hall–Kier alpha value is -3.15. The standard InChI is InChI=1S/C21H24N4O2/c1-3-27-19-9-5-4-7-16(19)10-11-20(26)23-13-17-8-6-12-22-21(17)18-14-24-25(2)15-18/h4-9,12,14-15H,3,10-11,13H2,1-2H3,(H,23,26). The molecular formula is C21H24N4O2. The van der Waals surface area contributed by atoms with E-state index in [0.29, 0.717) is 26.0 Å². The van der Waals surface area contributed by atoms with Gasteiger partial charge in [0.2, 0.25) is 5.91 Å². The van der Waals surface area contributed by atoms with Gasteiger partial charge in [0.25, 0.3) is 0 Å². The Morgan fingerprint density at radius 1 is 1.19 bits per heavy atom. The predicted octanol–water partition coefficient (Wildman–Crippen LogP) is 3.13. The van der Waals surface area contributed by atoms with Crippen molar-refractivity contribution < 1.29 is 9.53 Å². The van der Waals surface area contributed by atoms with Gasteiger partial charge in [-0.25, -0.2) is 0 Å². The van der Waals surface area contributed by atoms with Gasteiger partial charge in [0, 0.05) is 38.0 Å². The van der Waals surface area contributed by atoms with Crippen LogP contribution < -0.4 is 10.1 Å². The predicted molar refractivity (Wildman–Crippen MR) is 104 cm³/mol. The van der Waals surface area contributed by atoms with E-state index in [1.165, 1.54) is 0 Å². The lowest BCUT2D eigenvalue weighted by atomic mass is 10.1. The lowest BCUT2D eigenvalue weighted by molar-refractivity contribution is -0.121. The van der Waals surface area contributed by atoms with Crippen LogP contribution in [0.25, 0.3) is 11.3 Å². The van der Waals surface area contributed by atoms with Crippen molar-refractivity contribution in [2.75, 3.05) is 6.61 Å². The Bertz CT molecular complexity index is 904. The molecular weight excluding hydrogens is 340 g/mol. The van der Waals surface area contributed by atoms with E-state index in [2.05, 4.69) is 15.4 Å². The molecule has 0 bridgehead atoms. The second-order valence-electron chi connectivity index (χ2n) is 6.23. The van der Waals surface area contributed by atoms with Crippen molar-refractivity contribution in [3.05, 3.63) is 66.1 Å². The van der Waals surface area contributed by atoms with E-state index in [4.69, 9.17) is 4.74 Å². The van der Waals surface area contributed by atoms with Crippen LogP contribution >= 0.6 is 0 Å². The number of rotatable bonds is 8. The summed E-state index contributed by atoms with van der Waals surface area (Å²) in [6.45, 7) is 3.00. The topological polar surface area (TPSA) is 69.0 Å². The quantitative estimate of drug-likeness (QED) is 0.667. The van der Waals surface area contributed by atoms with E-state index in [9.17, 15) is 4.79 Å². The zero-order valence-corrected chi connectivity index (χ0v) is 15.7. The van der Waals surface area contributed by atoms with Crippen LogP contribution in [0.1, 0.15) is 24.5 Å². The number of carbonyl (C=O) groups is 1. The summed E-state index contributed by atoms with van der Waals surface area (Å²) >= 11 is 0. The van der Waals surface area contributed by atoms with Gasteiger partial charge < -0.3 is 10.1 Å². The molecule has 0 unspecified atom stereocenters. The van der Waals surface area contributed by atoms with Crippen molar-refractivity contribution in [2.45, 2.75) is 26.3 Å². The van der Waals surface area contributed by atoms with Gasteiger partial charge in [0.1, 0.15) is 5.75 Å². The summed E-state index contributed by atoms with van der Waals surface area (Å²) < 4.78 is 7.36. The van der Waals surface area contributed by atoms with Gasteiger partial charge >= 0.3 is 0 Å². The van der Waals surface area contributed by atoms with E-state index in [0.717, 1.165) is 28.1 Å². The molecule has 0 atom stereocenters. The summed E-state index contributed by atoms with van der Waals surface area (Å²) in [6, 6.07) is 11.7. The molecule has 6 nitrogen and oxygen atoms in total. The summed E-state index contributed by atoms with van der Waals surface area (Å²) in [7, 11) is 1.87. The molecule has 0 saturated heterocycles. The number of pyridine rings is 1. The van der Waals surface area contributed by atoms with Gasteiger partial charge in [-0.1, -0.05) is 24.3 Å². The largest absolute Gasteiger partial charge is 0.494 e. The summed E-state index contributed by atoms with van der Waals surface area (Å²) in [4.78, 5) is 16.8. The Morgan fingerprint density at radius 2 is 2.00 bits per heavy atom. The maximum atomic E-state index is 12.3. The number of carbonyl (C=O) groups excluding carboxylic acids is 1. The number of hydrogen-bond donors (Lipinski definition) is 1. The Kier molecular flexibility index (Phi) is 6.20. The lowest BCUT2D eigenvalue weighted by Crippen LogP contribution is -2.23. The molecule has 0 fully saturated rings. The second kappa shape index (κ2) is 8.98. The number of aryl methyl sites for hydroxylation is 2. The Morgan fingerprint density at radius 3 is 2.78 bits per heavy atom. The van der Waals surface area contributed by atoms with Gasteiger partial charge in [-0.15, -0.1) is 0 Å². The Balaban J connectivity index is 1.59. The van der Waals surface area contributed by atoms with Gasteiger partial charge in [0.05, 0.1) is 18.5 Å². The van der Waals surface area contributed by atoms with Crippen LogP contribution in [-0.2, 0) is 24.8 Å². The van der Waals surface area contributed by atoms with E-state index >= 15 is 0 Å². The minimum Gasteiger partial charge on any atom is -0.494 e. The number of para-hydroxylation sites is 1. The third-order valence-corrected chi connectivity index (χ3v) is 4.24. The van der Waals surface area contributed by atoms with Crippen LogP contribution in [0.15, 0.2) is 55.0 Å². The number of aromatic nitrogens is 3. The van der Waals surface area contributed by atoms with Crippen LogP contribution in [0.4, 0.5) is 0 Å².